The predicted octanol–water partition coefficient (Wildman–Crippen LogP) is 4.56. The second-order valence-corrected chi connectivity index (χ2v) is 8.57. The van der Waals surface area contributed by atoms with Crippen LogP contribution in [-0.2, 0) is 18.6 Å². The van der Waals surface area contributed by atoms with Crippen molar-refractivity contribution in [2.75, 3.05) is 20.4 Å². The molecule has 6 rings (SSSR count). The number of likely N-dealkylation sites (N-methyl/N-ethyl adjacent to an activating group) is 1. The third-order valence-electron chi connectivity index (χ3n) is 6.91. The summed E-state index contributed by atoms with van der Waals surface area (Å²) in [6.07, 6.45) is 0.881. The first kappa shape index (κ1) is 18.5. The highest BCUT2D eigenvalue weighted by atomic mass is 16.7. The molecule has 3 aliphatic rings. The van der Waals surface area contributed by atoms with Crippen molar-refractivity contribution in [3.8, 4) is 28.4 Å². The Morgan fingerprint density at radius 3 is 2.74 bits per heavy atom. The highest BCUT2D eigenvalue weighted by Gasteiger charge is 2.50. The lowest BCUT2D eigenvalue weighted by molar-refractivity contribution is 0.0623. The van der Waals surface area contributed by atoms with E-state index < -0.39 is 5.54 Å². The summed E-state index contributed by atoms with van der Waals surface area (Å²) in [4.78, 5) is 16.0. The number of ether oxygens (including phenoxy) is 3. The third kappa shape index (κ3) is 2.56. The lowest BCUT2D eigenvalue weighted by Crippen LogP contribution is -2.53. The summed E-state index contributed by atoms with van der Waals surface area (Å²) < 4.78 is 17.7. The predicted molar refractivity (Wildman–Crippen MR) is 117 cm³/mol. The quantitative estimate of drug-likeness (QED) is 0.630. The number of rotatable bonds is 3. The van der Waals surface area contributed by atoms with Crippen molar-refractivity contribution in [2.45, 2.75) is 25.5 Å². The highest BCUT2D eigenvalue weighted by molar-refractivity contribution is 6.14. The molecule has 0 aromatic heterocycles. The summed E-state index contributed by atoms with van der Waals surface area (Å²) in [5.41, 5.74) is 5.12. The van der Waals surface area contributed by atoms with Crippen molar-refractivity contribution in [3.05, 3.63) is 76.9 Å². The standard InChI is InChI=1S/C26H23NO4/c1-26-23-17(10-11-27(26)2)12-21-24(31-15-30-21)22(23)19-9-8-18(13-20(19)25(26)28)29-14-16-6-4-3-5-7-16/h3-9,12-13H,10-11,14-15H2,1-2H3. The zero-order chi connectivity index (χ0) is 21.2. The largest absolute Gasteiger partial charge is 0.489 e. The molecule has 0 amide bonds. The monoisotopic (exact) mass is 413 g/mol. The minimum absolute atomic E-state index is 0.0995. The van der Waals surface area contributed by atoms with Gasteiger partial charge in [-0.25, -0.2) is 0 Å². The summed E-state index contributed by atoms with van der Waals surface area (Å²) in [6, 6.07) is 17.9. The number of carbonyl (C=O) groups is 1. The van der Waals surface area contributed by atoms with Gasteiger partial charge in [-0.15, -0.1) is 0 Å². The van der Waals surface area contributed by atoms with Gasteiger partial charge in [-0.3, -0.25) is 9.69 Å². The molecule has 0 spiro atoms. The molecule has 0 bridgehead atoms. The van der Waals surface area contributed by atoms with Crippen LogP contribution in [0.2, 0.25) is 0 Å². The van der Waals surface area contributed by atoms with E-state index in [9.17, 15) is 4.79 Å². The number of fused-ring (bicyclic) bond motifs is 4. The number of hydrogen-bond donors (Lipinski definition) is 0. The molecule has 31 heavy (non-hydrogen) atoms. The van der Waals surface area contributed by atoms with Crippen LogP contribution in [0, 0.1) is 0 Å². The summed E-state index contributed by atoms with van der Waals surface area (Å²) in [7, 11) is 2.02. The minimum Gasteiger partial charge on any atom is -0.489 e. The van der Waals surface area contributed by atoms with E-state index in [-0.39, 0.29) is 12.6 Å². The normalized spacial score (nSPS) is 20.9. The molecular formula is C26H23NO4. The molecule has 0 saturated carbocycles. The topological polar surface area (TPSA) is 48.0 Å². The van der Waals surface area contributed by atoms with Gasteiger partial charge in [0.15, 0.2) is 17.3 Å². The molecule has 0 N–H and O–H groups in total. The zero-order valence-electron chi connectivity index (χ0n) is 17.6. The van der Waals surface area contributed by atoms with Crippen molar-refractivity contribution in [1.29, 1.82) is 0 Å². The third-order valence-corrected chi connectivity index (χ3v) is 6.91. The van der Waals surface area contributed by atoms with E-state index in [0.717, 1.165) is 46.7 Å². The van der Waals surface area contributed by atoms with E-state index in [4.69, 9.17) is 14.2 Å². The van der Waals surface area contributed by atoms with Gasteiger partial charge in [0.2, 0.25) is 6.79 Å². The fourth-order valence-corrected chi connectivity index (χ4v) is 5.12. The number of Topliss-reactive ketones (excluding diaryl/α,β-unsaturated/α-hetero) is 1. The van der Waals surface area contributed by atoms with Gasteiger partial charge in [-0.2, -0.15) is 0 Å². The Morgan fingerprint density at radius 2 is 1.90 bits per heavy atom. The van der Waals surface area contributed by atoms with E-state index in [2.05, 4.69) is 11.0 Å². The Labute approximate surface area is 181 Å². The average Bonchev–Trinajstić information content (AvgIpc) is 3.27. The number of hydrogen-bond acceptors (Lipinski definition) is 5. The van der Waals surface area contributed by atoms with Crippen LogP contribution in [-0.4, -0.2) is 31.1 Å². The van der Waals surface area contributed by atoms with Gasteiger partial charge < -0.3 is 14.2 Å². The summed E-state index contributed by atoms with van der Waals surface area (Å²) in [5, 5.41) is 0. The van der Waals surface area contributed by atoms with Gasteiger partial charge in [-0.1, -0.05) is 30.3 Å². The molecule has 2 heterocycles. The number of nitrogens with zero attached hydrogens (tertiary/aromatic N) is 1. The molecular weight excluding hydrogens is 390 g/mol. The molecule has 156 valence electrons. The lowest BCUT2D eigenvalue weighted by atomic mass is 9.68. The van der Waals surface area contributed by atoms with Crippen LogP contribution in [0.5, 0.6) is 17.2 Å². The second kappa shape index (κ2) is 6.59. The molecule has 1 atom stereocenters. The summed E-state index contributed by atoms with van der Waals surface area (Å²) >= 11 is 0. The van der Waals surface area contributed by atoms with E-state index >= 15 is 0 Å². The van der Waals surface area contributed by atoms with Crippen LogP contribution >= 0.6 is 0 Å². The maximum atomic E-state index is 13.9. The number of ketones is 1. The van der Waals surface area contributed by atoms with Crippen LogP contribution in [0.3, 0.4) is 0 Å². The maximum Gasteiger partial charge on any atom is 0.231 e. The fourth-order valence-electron chi connectivity index (χ4n) is 5.12. The first-order valence-electron chi connectivity index (χ1n) is 10.6. The molecule has 0 saturated heterocycles. The summed E-state index contributed by atoms with van der Waals surface area (Å²) in [5.74, 6) is 2.30. The van der Waals surface area contributed by atoms with E-state index in [1.54, 1.807) is 0 Å². The minimum atomic E-state index is -0.741. The molecule has 5 nitrogen and oxygen atoms in total. The molecule has 1 aliphatic carbocycles. The van der Waals surface area contributed by atoms with Crippen molar-refractivity contribution in [3.63, 3.8) is 0 Å². The van der Waals surface area contributed by atoms with E-state index in [1.807, 2.05) is 62.5 Å². The van der Waals surface area contributed by atoms with Gasteiger partial charge >= 0.3 is 0 Å². The number of carbonyl (C=O) groups excluding carboxylic acids is 1. The zero-order valence-corrected chi connectivity index (χ0v) is 17.6. The van der Waals surface area contributed by atoms with Crippen LogP contribution < -0.4 is 14.2 Å². The molecule has 2 aliphatic heterocycles. The van der Waals surface area contributed by atoms with Crippen LogP contribution in [0.15, 0.2) is 54.6 Å². The number of benzene rings is 3. The van der Waals surface area contributed by atoms with Crippen molar-refractivity contribution >= 4 is 5.78 Å². The first-order valence-corrected chi connectivity index (χ1v) is 10.6. The molecule has 3 aromatic carbocycles. The van der Waals surface area contributed by atoms with Crippen LogP contribution in [0.25, 0.3) is 11.1 Å². The molecule has 5 heteroatoms. The van der Waals surface area contributed by atoms with Crippen LogP contribution in [0.4, 0.5) is 0 Å². The van der Waals surface area contributed by atoms with Gasteiger partial charge in [0.25, 0.3) is 0 Å². The Bertz CT molecular complexity index is 1220. The van der Waals surface area contributed by atoms with Crippen molar-refractivity contribution in [2.24, 2.45) is 0 Å². The van der Waals surface area contributed by atoms with Gasteiger partial charge in [0.05, 0.1) is 0 Å². The Balaban J connectivity index is 1.50. The van der Waals surface area contributed by atoms with Crippen molar-refractivity contribution < 1.29 is 19.0 Å². The van der Waals surface area contributed by atoms with Crippen molar-refractivity contribution in [1.82, 2.24) is 4.90 Å². The SMILES string of the molecule is CN1CCc2cc3c(c4c2C1(C)C(=O)c1cc(OCc2ccccc2)ccc1-4)OCO3. The van der Waals surface area contributed by atoms with E-state index in [0.29, 0.717) is 17.9 Å². The second-order valence-electron chi connectivity index (χ2n) is 8.57. The fraction of sp³-hybridized carbons (Fsp3) is 0.269. The first-order chi connectivity index (χ1) is 15.1. The molecule has 1 unspecified atom stereocenters. The summed E-state index contributed by atoms with van der Waals surface area (Å²) in [6.45, 7) is 3.50. The smallest absolute Gasteiger partial charge is 0.231 e. The van der Waals surface area contributed by atoms with Gasteiger partial charge in [0.1, 0.15) is 17.9 Å². The molecule has 0 radical (unpaired) electrons. The molecule has 0 fully saturated rings. The lowest BCUT2D eigenvalue weighted by Gasteiger charge is -2.46. The van der Waals surface area contributed by atoms with Gasteiger partial charge in [-0.05, 0) is 66.9 Å². The Hall–Kier alpha value is -3.31. The van der Waals surface area contributed by atoms with Crippen LogP contribution in [0.1, 0.15) is 34.0 Å². The van der Waals surface area contributed by atoms with E-state index in [1.165, 1.54) is 5.56 Å². The maximum absolute atomic E-state index is 13.9. The van der Waals surface area contributed by atoms with Gasteiger partial charge in [0, 0.05) is 17.7 Å². The Morgan fingerprint density at radius 1 is 1.06 bits per heavy atom. The average molecular weight is 413 g/mol. The molecule has 3 aromatic rings. The Kier molecular flexibility index (Phi) is 3.93. The highest BCUT2D eigenvalue weighted by Crippen LogP contribution is 2.55.